The summed E-state index contributed by atoms with van der Waals surface area (Å²) in [7, 11) is 0. The number of fused-ring (bicyclic) bond motifs is 3. The fourth-order valence-electron chi connectivity index (χ4n) is 3.40. The Morgan fingerprint density at radius 3 is 2.65 bits per heavy atom. The van der Waals surface area contributed by atoms with Crippen LogP contribution < -0.4 is 10.4 Å². The fraction of sp³-hybridized carbons (Fsp3) is 0.200. The van der Waals surface area contributed by atoms with Crippen molar-refractivity contribution in [1.29, 1.82) is 0 Å². The van der Waals surface area contributed by atoms with E-state index in [0.29, 0.717) is 29.6 Å². The number of hydrogen-bond donors (Lipinski definition) is 2. The number of anilines is 2. The van der Waals surface area contributed by atoms with Crippen molar-refractivity contribution >= 4 is 28.9 Å². The molecule has 6 heteroatoms. The summed E-state index contributed by atoms with van der Waals surface area (Å²) >= 11 is 6.09. The first-order valence-corrected chi connectivity index (χ1v) is 8.92. The largest absolute Gasteiger partial charge is 0.629 e. The number of hydroxylamine groups is 1. The zero-order chi connectivity index (χ0) is 18.3. The molecule has 1 aromatic heterocycles. The Labute approximate surface area is 157 Å². The third kappa shape index (κ3) is 3.29. The van der Waals surface area contributed by atoms with Gasteiger partial charge in [-0.15, -0.1) is 0 Å². The fourth-order valence-corrected chi connectivity index (χ4v) is 3.57. The molecule has 0 saturated carbocycles. The number of halogens is 1. The molecule has 132 valence electrons. The van der Waals surface area contributed by atoms with Gasteiger partial charge in [-0.05, 0) is 49.2 Å². The number of hydrogen-bond acceptors (Lipinski definition) is 4. The van der Waals surface area contributed by atoms with Gasteiger partial charge in [0, 0.05) is 35.0 Å². The van der Waals surface area contributed by atoms with Crippen LogP contribution in [0, 0.1) is 19.1 Å². The van der Waals surface area contributed by atoms with Crippen molar-refractivity contribution in [3.05, 3.63) is 69.5 Å². The molecule has 0 saturated heterocycles. The van der Waals surface area contributed by atoms with Crippen molar-refractivity contribution in [3.8, 4) is 11.3 Å². The highest BCUT2D eigenvalue weighted by molar-refractivity contribution is 6.30. The highest BCUT2D eigenvalue weighted by Crippen LogP contribution is 2.32. The number of quaternary nitrogens is 1. The molecule has 26 heavy (non-hydrogen) atoms. The Kier molecular flexibility index (Phi) is 4.36. The second kappa shape index (κ2) is 6.68. The van der Waals surface area contributed by atoms with E-state index in [0.717, 1.165) is 22.5 Å². The standard InChI is InChI=1S/C20H19ClN4O/c1-12-7-13(2)9-16(8-12)23-20-22-11-14-5-6-25(26)18-10-15(21)3-4-17(18)19(14)24-20/h3-4,7-11,25H,5-6H2,1-2H3,(H,22,23,24). The number of nitrogens with zero attached hydrogens (tertiary/aromatic N) is 2. The second-order valence-corrected chi connectivity index (χ2v) is 7.12. The zero-order valence-corrected chi connectivity index (χ0v) is 15.4. The van der Waals surface area contributed by atoms with Gasteiger partial charge in [-0.3, -0.25) is 0 Å². The quantitative estimate of drug-likeness (QED) is 0.678. The topological polar surface area (TPSA) is 65.3 Å². The van der Waals surface area contributed by atoms with Crippen LogP contribution in [0.3, 0.4) is 0 Å². The van der Waals surface area contributed by atoms with E-state index in [4.69, 9.17) is 16.6 Å². The van der Waals surface area contributed by atoms with Crippen LogP contribution in [0.1, 0.15) is 16.7 Å². The first-order chi connectivity index (χ1) is 12.5. The maximum atomic E-state index is 12.5. The van der Waals surface area contributed by atoms with Crippen LogP contribution >= 0.6 is 11.6 Å². The Balaban J connectivity index is 1.77. The predicted octanol–water partition coefficient (Wildman–Crippen LogP) is 3.73. The average molecular weight is 367 g/mol. The molecule has 4 rings (SSSR count). The summed E-state index contributed by atoms with van der Waals surface area (Å²) < 4.78 is 0. The first-order valence-electron chi connectivity index (χ1n) is 8.54. The summed E-state index contributed by atoms with van der Waals surface area (Å²) in [6.07, 6.45) is 2.44. The molecular weight excluding hydrogens is 348 g/mol. The minimum absolute atomic E-state index is 0.0873. The average Bonchev–Trinajstić information content (AvgIpc) is 2.71. The Hall–Kier alpha value is -2.47. The predicted molar refractivity (Wildman–Crippen MR) is 104 cm³/mol. The van der Waals surface area contributed by atoms with Gasteiger partial charge in [0.1, 0.15) is 5.69 Å². The lowest BCUT2D eigenvalue weighted by Crippen LogP contribution is -3.02. The summed E-state index contributed by atoms with van der Waals surface area (Å²) in [5, 5.41) is 16.4. The highest BCUT2D eigenvalue weighted by atomic mass is 35.5. The van der Waals surface area contributed by atoms with E-state index in [-0.39, 0.29) is 5.06 Å². The summed E-state index contributed by atoms with van der Waals surface area (Å²) in [4.78, 5) is 9.16. The highest BCUT2D eigenvalue weighted by Gasteiger charge is 2.22. The van der Waals surface area contributed by atoms with Crippen LogP contribution in [0.25, 0.3) is 11.3 Å². The number of nitrogens with one attached hydrogen (secondary N) is 2. The lowest BCUT2D eigenvalue weighted by Gasteiger charge is -2.21. The minimum atomic E-state index is 0.0873. The third-order valence-corrected chi connectivity index (χ3v) is 4.74. The summed E-state index contributed by atoms with van der Waals surface area (Å²) in [5.41, 5.74) is 6.52. The van der Waals surface area contributed by atoms with E-state index in [2.05, 4.69) is 42.3 Å². The molecule has 0 bridgehead atoms. The molecule has 1 aliphatic heterocycles. The van der Waals surface area contributed by atoms with Crippen LogP contribution in [-0.4, -0.2) is 16.5 Å². The molecule has 3 aromatic rings. The van der Waals surface area contributed by atoms with E-state index in [9.17, 15) is 5.21 Å². The first kappa shape index (κ1) is 17.0. The van der Waals surface area contributed by atoms with Crippen LogP contribution in [-0.2, 0) is 6.42 Å². The summed E-state index contributed by atoms with van der Waals surface area (Å²) in [6, 6.07) is 11.6. The molecular formula is C20H19ClN4O. The van der Waals surface area contributed by atoms with Crippen LogP contribution in [0.15, 0.2) is 42.6 Å². The minimum Gasteiger partial charge on any atom is -0.629 e. The lowest BCUT2D eigenvalue weighted by atomic mass is 10.1. The van der Waals surface area contributed by atoms with Crippen molar-refractivity contribution < 1.29 is 5.06 Å². The van der Waals surface area contributed by atoms with Gasteiger partial charge in [0.2, 0.25) is 5.95 Å². The van der Waals surface area contributed by atoms with E-state index in [1.165, 1.54) is 11.1 Å². The maximum Gasteiger partial charge on any atom is 0.227 e. The molecule has 1 atom stereocenters. The van der Waals surface area contributed by atoms with Crippen LogP contribution in [0.5, 0.6) is 0 Å². The van der Waals surface area contributed by atoms with Crippen LogP contribution in [0.2, 0.25) is 5.02 Å². The van der Waals surface area contributed by atoms with Crippen molar-refractivity contribution in [3.63, 3.8) is 0 Å². The summed E-state index contributed by atoms with van der Waals surface area (Å²) in [5.74, 6) is 0.518. The molecule has 1 aliphatic rings. The van der Waals surface area contributed by atoms with Crippen LogP contribution in [0.4, 0.5) is 17.3 Å². The Morgan fingerprint density at radius 2 is 1.88 bits per heavy atom. The molecule has 5 nitrogen and oxygen atoms in total. The SMILES string of the molecule is Cc1cc(C)cc(Nc2ncc3c(n2)-c2ccc(Cl)cc2[NH+]([O-])CC3)c1. The number of benzene rings is 2. The van der Waals surface area contributed by atoms with Gasteiger partial charge in [0.15, 0.2) is 0 Å². The molecule has 2 N–H and O–H groups in total. The molecule has 0 amide bonds. The van der Waals surface area contributed by atoms with Gasteiger partial charge in [-0.2, -0.15) is 0 Å². The molecule has 2 aromatic carbocycles. The van der Waals surface area contributed by atoms with Gasteiger partial charge in [0.25, 0.3) is 0 Å². The normalized spacial score (nSPS) is 15.8. The molecule has 0 aliphatic carbocycles. The molecule has 1 unspecified atom stereocenters. The van der Waals surface area contributed by atoms with Crippen molar-refractivity contribution in [2.75, 3.05) is 11.9 Å². The second-order valence-electron chi connectivity index (χ2n) is 6.68. The molecule has 0 fully saturated rings. The van der Waals surface area contributed by atoms with Gasteiger partial charge < -0.3 is 15.6 Å². The third-order valence-electron chi connectivity index (χ3n) is 4.50. The van der Waals surface area contributed by atoms with E-state index < -0.39 is 0 Å². The number of aromatic nitrogens is 2. The van der Waals surface area contributed by atoms with Crippen molar-refractivity contribution in [1.82, 2.24) is 9.97 Å². The summed E-state index contributed by atoms with van der Waals surface area (Å²) in [6.45, 7) is 4.55. The van der Waals surface area contributed by atoms with Gasteiger partial charge >= 0.3 is 0 Å². The number of aryl methyl sites for hydroxylation is 2. The van der Waals surface area contributed by atoms with Crippen molar-refractivity contribution in [2.45, 2.75) is 20.3 Å². The number of rotatable bonds is 2. The Morgan fingerprint density at radius 1 is 1.12 bits per heavy atom. The molecule has 2 heterocycles. The van der Waals surface area contributed by atoms with E-state index in [1.54, 1.807) is 12.1 Å². The van der Waals surface area contributed by atoms with Crippen molar-refractivity contribution in [2.24, 2.45) is 0 Å². The zero-order valence-electron chi connectivity index (χ0n) is 14.6. The van der Waals surface area contributed by atoms with Gasteiger partial charge in [-0.1, -0.05) is 17.7 Å². The van der Waals surface area contributed by atoms with Gasteiger partial charge in [0.05, 0.1) is 17.8 Å². The van der Waals surface area contributed by atoms with E-state index in [1.807, 2.05) is 12.3 Å². The molecule has 0 radical (unpaired) electrons. The monoisotopic (exact) mass is 366 g/mol. The van der Waals surface area contributed by atoms with E-state index >= 15 is 0 Å². The lowest BCUT2D eigenvalue weighted by molar-refractivity contribution is -0.775. The molecule has 0 spiro atoms. The Bertz CT molecular complexity index is 969. The maximum absolute atomic E-state index is 12.5. The smallest absolute Gasteiger partial charge is 0.227 e. The van der Waals surface area contributed by atoms with Gasteiger partial charge in [-0.25, -0.2) is 9.97 Å².